The second kappa shape index (κ2) is 5.27. The van der Waals surface area contributed by atoms with Crippen LogP contribution in [0.5, 0.6) is 0 Å². The Balaban J connectivity index is 1.46. The van der Waals surface area contributed by atoms with E-state index in [1.165, 1.54) is 10.8 Å². The van der Waals surface area contributed by atoms with Crippen molar-refractivity contribution < 1.29 is 9.31 Å². The Morgan fingerprint density at radius 1 is 0.667 bits per heavy atom. The van der Waals surface area contributed by atoms with Crippen LogP contribution in [-0.4, -0.2) is 14.1 Å². The molecule has 3 aromatic carbocycles. The van der Waals surface area contributed by atoms with E-state index in [1.54, 1.807) is 12.5 Å². The summed E-state index contributed by atoms with van der Waals surface area (Å²) < 4.78 is 10.8. The molecule has 0 amide bonds. The molecule has 0 radical (unpaired) electrons. The van der Waals surface area contributed by atoms with E-state index in [1.807, 2.05) is 12.1 Å². The molecule has 0 spiro atoms. The zero-order chi connectivity index (χ0) is 15.9. The first kappa shape index (κ1) is 13.4. The summed E-state index contributed by atoms with van der Waals surface area (Å²) in [7, 11) is -0.333. The topological polar surface area (TPSA) is 42.5 Å². The summed E-state index contributed by atoms with van der Waals surface area (Å²) in [6.45, 7) is 0.0306. The van der Waals surface area contributed by atoms with Crippen LogP contribution >= 0.6 is 0 Å². The lowest BCUT2D eigenvalue weighted by atomic mass is 9.65. The predicted octanol–water partition coefficient (Wildman–Crippen LogP) is 2.29. The van der Waals surface area contributed by atoms with Gasteiger partial charge < -0.3 is 19.8 Å². The molecule has 0 unspecified atom stereocenters. The molecule has 0 bridgehead atoms. The predicted molar refractivity (Wildman–Crippen MR) is 99.7 cm³/mol. The maximum atomic E-state index is 5.38. The second-order valence-corrected chi connectivity index (χ2v) is 5.97. The van der Waals surface area contributed by atoms with Gasteiger partial charge in [-0.2, -0.15) is 0 Å². The molecule has 2 N–H and O–H groups in total. The highest BCUT2D eigenvalue weighted by molar-refractivity contribution is 6.80. The molecule has 114 valence electrons. The Bertz CT molecular complexity index is 895. The van der Waals surface area contributed by atoms with Gasteiger partial charge in [-0.15, -0.1) is 0 Å². The minimum absolute atomic E-state index is 0.0306. The van der Waals surface area contributed by atoms with E-state index < -0.39 is 0 Å². The third-order valence-corrected chi connectivity index (χ3v) is 4.51. The summed E-state index contributed by atoms with van der Waals surface area (Å²) in [5.74, 6) is 0. The van der Waals surface area contributed by atoms with E-state index in [9.17, 15) is 0 Å². The van der Waals surface area contributed by atoms with E-state index in [0.717, 1.165) is 22.3 Å². The molecule has 0 fully saturated rings. The summed E-state index contributed by atoms with van der Waals surface area (Å²) in [6, 6.07) is 21.0. The lowest BCUT2D eigenvalue weighted by Gasteiger charge is -2.27. The van der Waals surface area contributed by atoms with Gasteiger partial charge in [-0.3, -0.25) is 0 Å². The molecule has 6 heteroatoms. The van der Waals surface area contributed by atoms with Gasteiger partial charge in [-0.1, -0.05) is 48.5 Å². The van der Waals surface area contributed by atoms with Gasteiger partial charge >= 0.3 is 14.1 Å². The Labute approximate surface area is 140 Å². The summed E-state index contributed by atoms with van der Waals surface area (Å²) in [5.41, 5.74) is 4.48. The maximum absolute atomic E-state index is 5.38. The van der Waals surface area contributed by atoms with Crippen LogP contribution in [0.25, 0.3) is 10.8 Å². The van der Waals surface area contributed by atoms with Gasteiger partial charge in [0.1, 0.15) is 0 Å². The lowest BCUT2D eigenvalue weighted by molar-refractivity contribution is 0.423. The molecule has 0 aromatic heterocycles. The fourth-order valence-electron chi connectivity index (χ4n) is 3.34. The van der Waals surface area contributed by atoms with Crippen molar-refractivity contribution in [3.63, 3.8) is 0 Å². The number of nitrogens with one attached hydrogen (secondary N) is 2. The molecule has 2 aliphatic heterocycles. The highest BCUT2D eigenvalue weighted by Crippen LogP contribution is 2.33. The maximum Gasteiger partial charge on any atom is 0.631 e. The van der Waals surface area contributed by atoms with Crippen LogP contribution in [0.2, 0.25) is 0 Å². The molecule has 4 nitrogen and oxygen atoms in total. The van der Waals surface area contributed by atoms with Crippen molar-refractivity contribution in [3.8, 4) is 0 Å². The lowest BCUT2D eigenvalue weighted by Crippen LogP contribution is -2.48. The molecule has 0 saturated heterocycles. The van der Waals surface area contributed by atoms with Crippen LogP contribution in [-0.2, 0) is 9.31 Å². The van der Waals surface area contributed by atoms with Crippen molar-refractivity contribution in [2.45, 2.75) is 0 Å². The first-order chi connectivity index (χ1) is 11.9. The van der Waals surface area contributed by atoms with Crippen molar-refractivity contribution in [1.82, 2.24) is 0 Å². The van der Waals surface area contributed by atoms with E-state index in [0.29, 0.717) is 0 Å². The van der Waals surface area contributed by atoms with Gasteiger partial charge in [0.25, 0.3) is 0 Å². The number of hydrogen-bond donors (Lipinski definition) is 2. The Kier molecular flexibility index (Phi) is 2.95. The van der Waals surface area contributed by atoms with Gasteiger partial charge in [-0.05, 0) is 23.0 Å². The van der Waals surface area contributed by atoms with Gasteiger partial charge in [0.15, 0.2) is 0 Å². The molecule has 0 atom stereocenters. The summed E-state index contributed by atoms with van der Waals surface area (Å²) in [5, 5.41) is 9.64. The van der Waals surface area contributed by atoms with Crippen LogP contribution in [0.1, 0.15) is 0 Å². The van der Waals surface area contributed by atoms with Gasteiger partial charge in [0, 0.05) is 22.2 Å². The largest absolute Gasteiger partial charge is 0.631 e. The molecule has 0 aliphatic carbocycles. The molecule has 2 aliphatic rings. The van der Waals surface area contributed by atoms with E-state index in [4.69, 9.17) is 9.31 Å². The van der Waals surface area contributed by atoms with E-state index >= 15 is 0 Å². The molecule has 0 saturated carbocycles. The van der Waals surface area contributed by atoms with Crippen LogP contribution in [0.4, 0.5) is 11.4 Å². The fraction of sp³-hybridized carbons (Fsp3) is 0. The summed E-state index contributed by atoms with van der Waals surface area (Å²) in [4.78, 5) is 0. The van der Waals surface area contributed by atoms with Crippen LogP contribution in [0.3, 0.4) is 0 Å². The summed E-state index contributed by atoms with van der Waals surface area (Å²) >= 11 is 0. The number of benzene rings is 3. The zero-order valence-corrected chi connectivity index (χ0v) is 12.9. The van der Waals surface area contributed by atoms with Crippen LogP contribution in [0.15, 0.2) is 73.2 Å². The Morgan fingerprint density at radius 3 is 1.88 bits per heavy atom. The van der Waals surface area contributed by atoms with Crippen molar-refractivity contribution in [1.29, 1.82) is 0 Å². The van der Waals surface area contributed by atoms with Gasteiger partial charge in [0.2, 0.25) is 0 Å². The van der Waals surface area contributed by atoms with E-state index in [2.05, 4.69) is 59.0 Å². The number of anilines is 2. The average molecular weight is 312 g/mol. The van der Waals surface area contributed by atoms with Gasteiger partial charge in [-0.25, -0.2) is 0 Å². The highest BCUT2D eigenvalue weighted by Gasteiger charge is 2.29. The third kappa shape index (κ3) is 2.11. The van der Waals surface area contributed by atoms with E-state index in [-0.39, 0.29) is 14.1 Å². The molecule has 5 rings (SSSR count). The zero-order valence-electron chi connectivity index (χ0n) is 12.9. The number of rotatable bonds is 2. The average Bonchev–Trinajstić information content (AvgIpc) is 3.17. The van der Waals surface area contributed by atoms with Crippen molar-refractivity contribution in [2.75, 3.05) is 10.5 Å². The van der Waals surface area contributed by atoms with Crippen LogP contribution < -0.4 is 21.4 Å². The molecule has 24 heavy (non-hydrogen) atoms. The first-order valence-electron chi connectivity index (χ1n) is 7.99. The van der Waals surface area contributed by atoms with Crippen molar-refractivity contribution >= 4 is 47.2 Å². The normalized spacial score (nSPS) is 14.8. The Hall–Kier alpha value is -3.01. The fourth-order valence-corrected chi connectivity index (χ4v) is 3.34. The Morgan fingerprint density at radius 2 is 1.25 bits per heavy atom. The minimum Gasteiger partial charge on any atom is -0.525 e. The SMILES string of the molecule is C1=COB(c2ccc(B3Nc4cccc5cccc(c45)N3)cc2)O1. The standard InChI is InChI=1S/C18H14B2N2O2/c1-3-13-4-2-6-17-18(13)16(5-1)21-19(22-17)14-7-9-15(10-8-14)20-23-11-12-24-20/h1-12,21-22H. The first-order valence-corrected chi connectivity index (χ1v) is 7.99. The molecule has 3 aromatic rings. The summed E-state index contributed by atoms with van der Waals surface area (Å²) in [6.07, 6.45) is 3.14. The van der Waals surface area contributed by atoms with Gasteiger partial charge in [0.05, 0.1) is 12.5 Å². The smallest absolute Gasteiger partial charge is 0.525 e. The highest BCUT2D eigenvalue weighted by atomic mass is 16.6. The quantitative estimate of drug-likeness (QED) is 0.713. The van der Waals surface area contributed by atoms with Crippen molar-refractivity contribution in [2.24, 2.45) is 0 Å². The van der Waals surface area contributed by atoms with Crippen molar-refractivity contribution in [3.05, 3.63) is 73.2 Å². The molecule has 2 heterocycles. The molecular weight excluding hydrogens is 298 g/mol. The minimum atomic E-state index is -0.333. The monoisotopic (exact) mass is 312 g/mol. The second-order valence-electron chi connectivity index (χ2n) is 5.97. The van der Waals surface area contributed by atoms with Crippen LogP contribution in [0, 0.1) is 0 Å². The number of hydrogen-bond acceptors (Lipinski definition) is 4. The third-order valence-electron chi connectivity index (χ3n) is 4.51. The molecular formula is C18H14B2N2O2.